The van der Waals surface area contributed by atoms with Crippen molar-refractivity contribution in [1.82, 2.24) is 30.0 Å². The molecule has 0 saturated heterocycles. The number of halogens is 4. The summed E-state index contributed by atoms with van der Waals surface area (Å²) >= 11 is 6.55. The number of ether oxygens (including phenoxy) is 1. The number of amides is 1. The molecule has 4 aliphatic rings. The van der Waals surface area contributed by atoms with Crippen LogP contribution in [0.25, 0.3) is 11.3 Å². The Morgan fingerprint density at radius 2 is 1.95 bits per heavy atom. The van der Waals surface area contributed by atoms with Crippen LogP contribution in [-0.4, -0.2) is 51.4 Å². The average Bonchev–Trinajstić information content (AvgIpc) is 3.34. The minimum absolute atomic E-state index is 0.0444. The Hall–Kier alpha value is -4.33. The fraction of sp³-hybridized carbons (Fsp3) is 0.269. The molecular weight excluding hydrogens is 612 g/mol. The minimum atomic E-state index is -4.83. The van der Waals surface area contributed by atoms with Crippen molar-refractivity contribution in [3.05, 3.63) is 64.7 Å². The molecule has 8 rings (SSSR count). The van der Waals surface area contributed by atoms with Crippen molar-refractivity contribution in [2.45, 2.75) is 25.3 Å². The van der Waals surface area contributed by atoms with Gasteiger partial charge >= 0.3 is 14.2 Å². The van der Waals surface area contributed by atoms with Gasteiger partial charge in [-0.3, -0.25) is 9.48 Å². The molecule has 0 fully saturated rings. The van der Waals surface area contributed by atoms with E-state index in [4.69, 9.17) is 20.9 Å². The zero-order valence-electron chi connectivity index (χ0n) is 22.7. The van der Waals surface area contributed by atoms with Gasteiger partial charge in [0.1, 0.15) is 28.9 Å². The maximum atomic E-state index is 14.0. The number of aryl methyl sites for hydroxylation is 1. The molecule has 1 unspecified atom stereocenters. The molecule has 4 aromatic rings. The molecule has 1 aromatic carbocycles. The zero-order valence-corrected chi connectivity index (χ0v) is 24.3. The van der Waals surface area contributed by atoms with E-state index in [1.165, 1.54) is 37.2 Å². The Morgan fingerprint density at radius 1 is 1.16 bits per heavy atom. The summed E-state index contributed by atoms with van der Waals surface area (Å²) in [5.74, 6) is -1.17. The summed E-state index contributed by atoms with van der Waals surface area (Å²) < 4.78 is 67.0. The van der Waals surface area contributed by atoms with Gasteiger partial charge in [-0.1, -0.05) is 17.7 Å². The summed E-state index contributed by atoms with van der Waals surface area (Å²) in [5.41, 5.74) is 0.237. The van der Waals surface area contributed by atoms with Gasteiger partial charge in [0.05, 0.1) is 35.9 Å². The first kappa shape index (κ1) is 30.1. The number of nitrogens with zero attached hydrogens (tertiary/aromatic N) is 5. The van der Waals surface area contributed by atoms with E-state index in [2.05, 4.69) is 36.0 Å². The standard InChI is InChI=1S/C26H23ClF3N8O4P/c1-31-24(39)21-19-7-6-17(34-21)15-11-33-38(22(15)27)8-3-9-42-43(40)13-14-4-5-18(20(10-14)41-2)36-25-32-12-16(26(28,29)30)23(35-19)37-25/h4-7,10-12H,3,8-9,13H2,1-2H3,(H2-,31,32,35,36,37,39)/p+1. The number of anilines is 4. The van der Waals surface area contributed by atoms with Crippen LogP contribution in [0.15, 0.2) is 42.7 Å². The number of aromatic nitrogens is 5. The number of hydrogen-bond acceptors (Lipinski definition) is 10. The monoisotopic (exact) mass is 635 g/mol. The van der Waals surface area contributed by atoms with Gasteiger partial charge in [0.15, 0.2) is 5.69 Å². The molecule has 7 heterocycles. The molecule has 0 radical (unpaired) electrons. The molecule has 17 heteroatoms. The Kier molecular flexibility index (Phi) is 8.76. The van der Waals surface area contributed by atoms with Crippen LogP contribution in [0.1, 0.15) is 28.0 Å². The van der Waals surface area contributed by atoms with Crippen LogP contribution >= 0.6 is 19.6 Å². The summed E-state index contributed by atoms with van der Waals surface area (Å²) in [6.45, 7) is 0.527. The van der Waals surface area contributed by atoms with Gasteiger partial charge in [-0.15, -0.1) is 4.52 Å². The highest BCUT2D eigenvalue weighted by atomic mass is 35.5. The third-order valence-corrected chi connectivity index (χ3v) is 7.80. The molecule has 1 amide bonds. The topological polar surface area (TPSA) is 145 Å². The van der Waals surface area contributed by atoms with Crippen LogP contribution in [0.3, 0.4) is 0 Å². The number of carbonyl (C=O) groups is 1. The number of benzene rings is 1. The first-order chi connectivity index (χ1) is 20.6. The lowest BCUT2D eigenvalue weighted by Crippen LogP contribution is -2.21. The van der Waals surface area contributed by atoms with Crippen LogP contribution < -0.4 is 20.7 Å². The molecule has 0 saturated carbocycles. The minimum Gasteiger partial charge on any atom is -0.495 e. The molecule has 0 spiro atoms. The van der Waals surface area contributed by atoms with Crippen molar-refractivity contribution in [3.63, 3.8) is 0 Å². The molecule has 43 heavy (non-hydrogen) atoms. The Labute approximate surface area is 248 Å². The highest BCUT2D eigenvalue weighted by Crippen LogP contribution is 2.38. The highest BCUT2D eigenvalue weighted by Gasteiger charge is 2.36. The molecule has 3 N–H and O–H groups in total. The van der Waals surface area contributed by atoms with E-state index in [9.17, 15) is 22.5 Å². The zero-order chi connectivity index (χ0) is 30.7. The van der Waals surface area contributed by atoms with Gasteiger partial charge in [-0.05, 0) is 35.3 Å². The van der Waals surface area contributed by atoms with Crippen LogP contribution in [0.5, 0.6) is 5.75 Å². The molecule has 8 bridgehead atoms. The van der Waals surface area contributed by atoms with E-state index in [0.717, 1.165) is 0 Å². The van der Waals surface area contributed by atoms with E-state index in [1.807, 2.05) is 0 Å². The number of pyridine rings is 1. The Morgan fingerprint density at radius 3 is 2.70 bits per heavy atom. The summed E-state index contributed by atoms with van der Waals surface area (Å²) in [4.78, 5) is 25.1. The molecule has 1 atom stereocenters. The van der Waals surface area contributed by atoms with Crippen molar-refractivity contribution in [2.75, 3.05) is 31.4 Å². The third kappa shape index (κ3) is 6.69. The van der Waals surface area contributed by atoms with Gasteiger partial charge in [0.2, 0.25) is 12.1 Å². The quantitative estimate of drug-likeness (QED) is 0.227. The van der Waals surface area contributed by atoms with E-state index in [0.29, 0.717) is 41.7 Å². The Bertz CT molecular complexity index is 1700. The predicted octanol–water partition coefficient (Wildman–Crippen LogP) is 5.93. The normalized spacial score (nSPS) is 14.7. The maximum absolute atomic E-state index is 14.0. The number of rotatable bonds is 2. The molecule has 0 aliphatic carbocycles. The highest BCUT2D eigenvalue weighted by molar-refractivity contribution is 7.38. The third-order valence-electron chi connectivity index (χ3n) is 6.31. The first-order valence-electron chi connectivity index (χ1n) is 12.7. The largest absolute Gasteiger partial charge is 0.512 e. The van der Waals surface area contributed by atoms with Gasteiger partial charge < -0.3 is 20.7 Å². The van der Waals surface area contributed by atoms with E-state index in [-0.39, 0.29) is 40.9 Å². The second-order valence-electron chi connectivity index (χ2n) is 9.16. The number of hydrogen-bond donors (Lipinski definition) is 3. The summed E-state index contributed by atoms with van der Waals surface area (Å²) in [6.07, 6.45) is -2.18. The van der Waals surface area contributed by atoms with Gasteiger partial charge in [-0.25, -0.2) is 9.97 Å². The maximum Gasteiger partial charge on any atom is 0.512 e. The van der Waals surface area contributed by atoms with Crippen LogP contribution in [0.2, 0.25) is 5.15 Å². The lowest BCUT2D eigenvalue weighted by atomic mass is 10.1. The van der Waals surface area contributed by atoms with E-state index >= 15 is 0 Å². The fourth-order valence-corrected chi connectivity index (χ4v) is 5.40. The van der Waals surface area contributed by atoms with E-state index < -0.39 is 31.5 Å². The van der Waals surface area contributed by atoms with Crippen molar-refractivity contribution < 1.29 is 31.8 Å². The molecule has 12 nitrogen and oxygen atoms in total. The second kappa shape index (κ2) is 12.5. The fourth-order valence-electron chi connectivity index (χ4n) is 4.21. The SMILES string of the molecule is CNC(=O)c1nc2ccc1Nc1nc(ncc1C(F)(F)F)Nc1ccc(cc1OC)C[P+](=O)OCCCn1ncc-2c1Cl. The number of nitrogens with one attached hydrogen (secondary N) is 3. The lowest BCUT2D eigenvalue weighted by molar-refractivity contribution is -0.137. The number of alkyl halides is 3. The summed E-state index contributed by atoms with van der Waals surface area (Å²) in [6, 6.07) is 7.78. The molecular formula is C26H24ClF3N8O4P+. The summed E-state index contributed by atoms with van der Waals surface area (Å²) in [5, 5.41) is 12.4. The smallest absolute Gasteiger partial charge is 0.495 e. The predicted molar refractivity (Wildman–Crippen MR) is 152 cm³/mol. The van der Waals surface area contributed by atoms with Crippen molar-refractivity contribution in [1.29, 1.82) is 0 Å². The van der Waals surface area contributed by atoms with Gasteiger partial charge in [0.25, 0.3) is 5.91 Å². The van der Waals surface area contributed by atoms with Crippen LogP contribution in [0, 0.1) is 0 Å². The molecule has 3 aromatic heterocycles. The van der Waals surface area contributed by atoms with Gasteiger partial charge in [-0.2, -0.15) is 23.3 Å². The second-order valence-corrected chi connectivity index (χ2v) is 10.8. The van der Waals surface area contributed by atoms with Crippen LogP contribution in [0.4, 0.5) is 36.3 Å². The van der Waals surface area contributed by atoms with Crippen molar-refractivity contribution in [2.24, 2.45) is 0 Å². The Balaban J connectivity index is 1.63. The summed E-state index contributed by atoms with van der Waals surface area (Å²) in [7, 11) is 0.723. The van der Waals surface area contributed by atoms with E-state index in [1.54, 1.807) is 18.2 Å². The molecule has 224 valence electrons. The number of carbonyl (C=O) groups excluding carboxylic acids is 1. The average molecular weight is 636 g/mol. The molecule has 4 aliphatic heterocycles. The van der Waals surface area contributed by atoms with Crippen molar-refractivity contribution in [3.8, 4) is 17.0 Å². The van der Waals surface area contributed by atoms with Gasteiger partial charge in [0, 0.05) is 25.4 Å². The first-order valence-corrected chi connectivity index (χ1v) is 14.5. The van der Waals surface area contributed by atoms with Crippen molar-refractivity contribution >= 4 is 48.7 Å². The number of methoxy groups -OCH3 is 1. The lowest BCUT2D eigenvalue weighted by Gasteiger charge is -2.17. The van der Waals surface area contributed by atoms with Crippen LogP contribution in [-0.2, 0) is 28.0 Å².